The van der Waals surface area contributed by atoms with Crippen molar-refractivity contribution in [1.82, 2.24) is 19.6 Å². The fraction of sp³-hybridized carbons (Fsp3) is 0.231. The van der Waals surface area contributed by atoms with Crippen LogP contribution in [0.15, 0.2) is 22.6 Å². The summed E-state index contributed by atoms with van der Waals surface area (Å²) in [5.41, 5.74) is 0.380. The number of furan rings is 1. The average Bonchev–Trinajstić information content (AvgIpc) is 3.02. The summed E-state index contributed by atoms with van der Waals surface area (Å²) in [7, 11) is 0. The molecule has 0 aromatic carbocycles. The molecule has 0 radical (unpaired) electrons. The standard InChI is InChI=1S/C13H12FN5O2/c1-7-3-4-9(21-7)13-17-10(15-8(2)20)5-12-16-11(6-14)18-19(12)13/h3-5H,6H2,1-2H3,(H,15,20). The lowest BCUT2D eigenvalue weighted by Crippen LogP contribution is -2.09. The fourth-order valence-electron chi connectivity index (χ4n) is 1.95. The molecule has 0 spiro atoms. The largest absolute Gasteiger partial charge is 0.458 e. The Hall–Kier alpha value is -2.77. The number of hydrogen-bond acceptors (Lipinski definition) is 5. The predicted molar refractivity (Wildman–Crippen MR) is 72.3 cm³/mol. The topological polar surface area (TPSA) is 85.3 Å². The minimum Gasteiger partial charge on any atom is -0.458 e. The fourth-order valence-corrected chi connectivity index (χ4v) is 1.95. The Kier molecular flexibility index (Phi) is 3.13. The van der Waals surface area contributed by atoms with Crippen molar-refractivity contribution in [1.29, 1.82) is 0 Å². The van der Waals surface area contributed by atoms with Crippen LogP contribution >= 0.6 is 0 Å². The van der Waals surface area contributed by atoms with E-state index >= 15 is 0 Å². The van der Waals surface area contributed by atoms with Gasteiger partial charge in [0.05, 0.1) is 0 Å². The summed E-state index contributed by atoms with van der Waals surface area (Å²) in [6.07, 6.45) is 0. The highest BCUT2D eigenvalue weighted by Gasteiger charge is 2.15. The second-order valence-electron chi connectivity index (χ2n) is 4.49. The van der Waals surface area contributed by atoms with Crippen molar-refractivity contribution in [2.75, 3.05) is 5.32 Å². The number of carbonyl (C=O) groups is 1. The van der Waals surface area contributed by atoms with Crippen molar-refractivity contribution in [3.8, 4) is 11.6 Å². The molecule has 0 aliphatic carbocycles. The number of rotatable bonds is 3. The Balaban J connectivity index is 2.23. The maximum Gasteiger partial charge on any atom is 0.222 e. The van der Waals surface area contributed by atoms with Crippen molar-refractivity contribution in [3.05, 3.63) is 29.8 Å². The molecule has 1 amide bonds. The van der Waals surface area contributed by atoms with Gasteiger partial charge < -0.3 is 9.73 Å². The number of amides is 1. The molecule has 21 heavy (non-hydrogen) atoms. The Morgan fingerprint density at radius 2 is 2.24 bits per heavy atom. The third-order valence-corrected chi connectivity index (χ3v) is 2.75. The van der Waals surface area contributed by atoms with E-state index in [2.05, 4.69) is 20.4 Å². The quantitative estimate of drug-likeness (QED) is 0.798. The van der Waals surface area contributed by atoms with Crippen LogP contribution < -0.4 is 5.32 Å². The average molecular weight is 289 g/mol. The Labute approximate surface area is 118 Å². The van der Waals surface area contributed by atoms with Crippen LogP contribution in [0.3, 0.4) is 0 Å². The Bertz CT molecular complexity index is 823. The summed E-state index contributed by atoms with van der Waals surface area (Å²) in [5, 5.41) is 6.61. The summed E-state index contributed by atoms with van der Waals surface area (Å²) in [5.74, 6) is 1.59. The van der Waals surface area contributed by atoms with E-state index in [-0.39, 0.29) is 11.7 Å². The molecule has 0 saturated carbocycles. The van der Waals surface area contributed by atoms with Gasteiger partial charge in [-0.1, -0.05) is 0 Å². The minimum absolute atomic E-state index is 0.0429. The molecule has 7 nitrogen and oxygen atoms in total. The Morgan fingerprint density at radius 3 is 2.86 bits per heavy atom. The van der Waals surface area contributed by atoms with Crippen molar-refractivity contribution in [2.45, 2.75) is 20.5 Å². The van der Waals surface area contributed by atoms with Gasteiger partial charge in [-0.2, -0.15) is 4.52 Å². The summed E-state index contributed by atoms with van der Waals surface area (Å²) in [6, 6.07) is 5.03. The maximum atomic E-state index is 12.8. The van der Waals surface area contributed by atoms with Gasteiger partial charge in [0, 0.05) is 13.0 Å². The minimum atomic E-state index is -0.784. The number of anilines is 1. The van der Waals surface area contributed by atoms with E-state index in [1.54, 1.807) is 19.1 Å². The lowest BCUT2D eigenvalue weighted by atomic mass is 10.4. The number of alkyl halides is 1. The third kappa shape index (κ3) is 2.47. The number of carbonyl (C=O) groups excluding carboxylic acids is 1. The second kappa shape index (κ2) is 4.97. The van der Waals surface area contributed by atoms with E-state index in [1.165, 1.54) is 17.5 Å². The van der Waals surface area contributed by atoms with E-state index in [0.717, 1.165) is 0 Å². The maximum absolute atomic E-state index is 12.8. The van der Waals surface area contributed by atoms with E-state index in [9.17, 15) is 9.18 Å². The van der Waals surface area contributed by atoms with E-state index in [4.69, 9.17) is 4.42 Å². The molecule has 108 valence electrons. The molecule has 0 unspecified atom stereocenters. The first-order valence-electron chi connectivity index (χ1n) is 6.24. The first kappa shape index (κ1) is 13.2. The summed E-state index contributed by atoms with van der Waals surface area (Å²) in [6.45, 7) is 2.39. The highest BCUT2D eigenvalue weighted by Crippen LogP contribution is 2.23. The van der Waals surface area contributed by atoms with Crippen molar-refractivity contribution < 1.29 is 13.6 Å². The normalized spacial score (nSPS) is 11.0. The number of aryl methyl sites for hydroxylation is 1. The number of nitrogens with one attached hydrogen (secondary N) is 1. The van der Waals surface area contributed by atoms with Gasteiger partial charge in [-0.15, -0.1) is 5.10 Å². The molecule has 1 N–H and O–H groups in total. The molecule has 0 bridgehead atoms. The molecule has 0 aliphatic heterocycles. The zero-order valence-corrected chi connectivity index (χ0v) is 11.4. The molecule has 0 fully saturated rings. The number of halogens is 1. The molecule has 3 heterocycles. The third-order valence-electron chi connectivity index (χ3n) is 2.75. The van der Waals surface area contributed by atoms with E-state index in [1.807, 2.05) is 0 Å². The summed E-state index contributed by atoms with van der Waals surface area (Å²) >= 11 is 0. The molecule has 3 aromatic heterocycles. The Morgan fingerprint density at radius 1 is 1.43 bits per heavy atom. The van der Waals surface area contributed by atoms with Crippen LogP contribution in [0.5, 0.6) is 0 Å². The van der Waals surface area contributed by atoms with Gasteiger partial charge in [0.15, 0.2) is 23.9 Å². The van der Waals surface area contributed by atoms with Crippen molar-refractivity contribution >= 4 is 17.4 Å². The number of aromatic nitrogens is 4. The number of hydrogen-bond donors (Lipinski definition) is 1. The smallest absolute Gasteiger partial charge is 0.222 e. The summed E-state index contributed by atoms with van der Waals surface area (Å²) < 4.78 is 19.7. The molecule has 0 atom stereocenters. The van der Waals surface area contributed by atoms with Gasteiger partial charge in [0.25, 0.3) is 0 Å². The first-order valence-corrected chi connectivity index (χ1v) is 6.24. The first-order chi connectivity index (χ1) is 10.1. The van der Waals surface area contributed by atoms with Crippen molar-refractivity contribution in [2.24, 2.45) is 0 Å². The molecule has 3 rings (SSSR count). The lowest BCUT2D eigenvalue weighted by Gasteiger charge is -2.05. The molecule has 0 aliphatic rings. The molecular weight excluding hydrogens is 277 g/mol. The van der Waals surface area contributed by atoms with Crippen LogP contribution in [0.2, 0.25) is 0 Å². The SMILES string of the molecule is CC(=O)Nc1cc2nc(CF)nn2c(-c2ccc(C)o2)n1. The molecule has 8 heteroatoms. The molecule has 3 aromatic rings. The van der Waals surface area contributed by atoms with Gasteiger partial charge in [-0.3, -0.25) is 4.79 Å². The van der Waals surface area contributed by atoms with Crippen LogP contribution in [-0.4, -0.2) is 25.5 Å². The lowest BCUT2D eigenvalue weighted by molar-refractivity contribution is -0.114. The van der Waals surface area contributed by atoms with Crippen molar-refractivity contribution in [3.63, 3.8) is 0 Å². The van der Waals surface area contributed by atoms with Crippen LogP contribution in [0, 0.1) is 6.92 Å². The van der Waals surface area contributed by atoms with Crippen LogP contribution in [0.25, 0.3) is 17.2 Å². The van der Waals surface area contributed by atoms with Gasteiger partial charge in [0.1, 0.15) is 11.6 Å². The van der Waals surface area contributed by atoms with Crippen LogP contribution in [-0.2, 0) is 11.5 Å². The highest BCUT2D eigenvalue weighted by atomic mass is 19.1. The predicted octanol–water partition coefficient (Wildman–Crippen LogP) is 2.12. The van der Waals surface area contributed by atoms with Crippen LogP contribution in [0.1, 0.15) is 18.5 Å². The van der Waals surface area contributed by atoms with Gasteiger partial charge in [0.2, 0.25) is 11.7 Å². The number of nitrogens with zero attached hydrogens (tertiary/aromatic N) is 4. The van der Waals surface area contributed by atoms with Gasteiger partial charge >= 0.3 is 0 Å². The van der Waals surface area contributed by atoms with Gasteiger partial charge in [-0.25, -0.2) is 14.4 Å². The number of fused-ring (bicyclic) bond motifs is 1. The van der Waals surface area contributed by atoms with E-state index < -0.39 is 6.67 Å². The molecular formula is C13H12FN5O2. The highest BCUT2D eigenvalue weighted by molar-refractivity contribution is 5.88. The van der Waals surface area contributed by atoms with E-state index in [0.29, 0.717) is 28.8 Å². The van der Waals surface area contributed by atoms with Crippen LogP contribution in [0.4, 0.5) is 10.2 Å². The molecule has 0 saturated heterocycles. The second-order valence-corrected chi connectivity index (χ2v) is 4.49. The zero-order valence-electron chi connectivity index (χ0n) is 11.4. The summed E-state index contributed by atoms with van der Waals surface area (Å²) in [4.78, 5) is 19.5. The zero-order chi connectivity index (χ0) is 15.0. The van der Waals surface area contributed by atoms with Gasteiger partial charge in [-0.05, 0) is 19.1 Å². The monoisotopic (exact) mass is 289 g/mol.